The SMILES string of the molecule is CC(C)NCC(=O)N(C)CC(=O)N(C)CC(=O)C(C)C. The van der Waals surface area contributed by atoms with Gasteiger partial charge in [-0.2, -0.15) is 0 Å². The molecule has 0 aromatic rings. The van der Waals surface area contributed by atoms with E-state index in [1.165, 1.54) is 9.80 Å². The van der Waals surface area contributed by atoms with E-state index in [1.807, 2.05) is 13.8 Å². The molecule has 0 heterocycles. The fourth-order valence-electron chi connectivity index (χ4n) is 1.34. The van der Waals surface area contributed by atoms with Crippen molar-refractivity contribution in [3.05, 3.63) is 0 Å². The van der Waals surface area contributed by atoms with Crippen molar-refractivity contribution in [2.45, 2.75) is 33.7 Å². The summed E-state index contributed by atoms with van der Waals surface area (Å²) in [5, 5.41) is 3.01. The first-order valence-corrected chi connectivity index (χ1v) is 6.89. The van der Waals surface area contributed by atoms with Crippen LogP contribution in [0.2, 0.25) is 0 Å². The van der Waals surface area contributed by atoms with E-state index in [1.54, 1.807) is 27.9 Å². The Morgan fingerprint density at radius 3 is 1.85 bits per heavy atom. The highest BCUT2D eigenvalue weighted by Gasteiger charge is 2.18. The molecule has 0 aromatic heterocycles. The molecule has 0 spiro atoms. The van der Waals surface area contributed by atoms with Crippen molar-refractivity contribution in [3.63, 3.8) is 0 Å². The van der Waals surface area contributed by atoms with E-state index < -0.39 is 0 Å². The Balaban J connectivity index is 4.24. The van der Waals surface area contributed by atoms with E-state index in [4.69, 9.17) is 0 Å². The quantitative estimate of drug-likeness (QED) is 0.688. The highest BCUT2D eigenvalue weighted by Crippen LogP contribution is 1.98. The van der Waals surface area contributed by atoms with Crippen LogP contribution >= 0.6 is 0 Å². The van der Waals surface area contributed by atoms with Gasteiger partial charge >= 0.3 is 0 Å². The Kier molecular flexibility index (Phi) is 8.06. The number of carbonyl (C=O) groups excluding carboxylic acids is 3. The summed E-state index contributed by atoms with van der Waals surface area (Å²) < 4.78 is 0. The van der Waals surface area contributed by atoms with Gasteiger partial charge in [-0.15, -0.1) is 0 Å². The molecule has 1 N–H and O–H groups in total. The van der Waals surface area contributed by atoms with E-state index in [9.17, 15) is 14.4 Å². The Hall–Kier alpha value is -1.43. The number of carbonyl (C=O) groups is 3. The van der Waals surface area contributed by atoms with Gasteiger partial charge in [0.2, 0.25) is 11.8 Å². The molecular formula is C14H27N3O3. The number of nitrogens with zero attached hydrogens (tertiary/aromatic N) is 2. The van der Waals surface area contributed by atoms with E-state index in [2.05, 4.69) is 5.32 Å². The first kappa shape index (κ1) is 18.6. The first-order valence-electron chi connectivity index (χ1n) is 6.89. The maximum atomic E-state index is 11.9. The van der Waals surface area contributed by atoms with Crippen molar-refractivity contribution in [1.82, 2.24) is 15.1 Å². The molecule has 0 rings (SSSR count). The molecule has 0 radical (unpaired) electrons. The Morgan fingerprint density at radius 2 is 1.40 bits per heavy atom. The lowest BCUT2D eigenvalue weighted by Gasteiger charge is -2.22. The smallest absolute Gasteiger partial charge is 0.242 e. The van der Waals surface area contributed by atoms with Crippen LogP contribution in [-0.2, 0) is 14.4 Å². The number of Topliss-reactive ketones (excluding diaryl/α,β-unsaturated/α-hetero) is 1. The van der Waals surface area contributed by atoms with Crippen molar-refractivity contribution < 1.29 is 14.4 Å². The Labute approximate surface area is 121 Å². The fourth-order valence-corrected chi connectivity index (χ4v) is 1.34. The predicted octanol–water partition coefficient (Wildman–Crippen LogP) is 0.126. The third kappa shape index (κ3) is 7.23. The van der Waals surface area contributed by atoms with E-state index in [0.29, 0.717) is 0 Å². The van der Waals surface area contributed by atoms with Gasteiger partial charge < -0.3 is 15.1 Å². The zero-order valence-electron chi connectivity index (χ0n) is 13.4. The second-order valence-electron chi connectivity index (χ2n) is 5.66. The third-order valence-corrected chi connectivity index (χ3v) is 2.92. The number of ketones is 1. The fraction of sp³-hybridized carbons (Fsp3) is 0.786. The minimum atomic E-state index is -0.237. The van der Waals surface area contributed by atoms with Crippen LogP contribution in [0.5, 0.6) is 0 Å². The average Bonchev–Trinajstić information content (AvgIpc) is 2.35. The molecule has 0 unspecified atom stereocenters. The molecule has 0 aliphatic rings. The lowest BCUT2D eigenvalue weighted by Crippen LogP contribution is -2.44. The number of likely N-dealkylation sites (N-methyl/N-ethyl adjacent to an activating group) is 2. The first-order chi connectivity index (χ1) is 9.15. The number of nitrogens with one attached hydrogen (secondary N) is 1. The highest BCUT2D eigenvalue weighted by molar-refractivity contribution is 5.89. The van der Waals surface area contributed by atoms with Gasteiger partial charge in [0.1, 0.15) is 0 Å². The van der Waals surface area contributed by atoms with Crippen LogP contribution in [0.4, 0.5) is 0 Å². The topological polar surface area (TPSA) is 69.7 Å². The highest BCUT2D eigenvalue weighted by atomic mass is 16.2. The van der Waals surface area contributed by atoms with Crippen LogP contribution in [0.15, 0.2) is 0 Å². The number of hydrogen-bond donors (Lipinski definition) is 1. The summed E-state index contributed by atoms with van der Waals surface area (Å²) >= 11 is 0. The zero-order valence-corrected chi connectivity index (χ0v) is 13.4. The van der Waals surface area contributed by atoms with Crippen molar-refractivity contribution in [2.24, 2.45) is 5.92 Å². The van der Waals surface area contributed by atoms with Gasteiger partial charge in [0.05, 0.1) is 19.6 Å². The lowest BCUT2D eigenvalue weighted by molar-refractivity contribution is -0.140. The molecule has 0 saturated heterocycles. The predicted molar refractivity (Wildman–Crippen MR) is 78.3 cm³/mol. The standard InChI is InChI=1S/C14H27N3O3/c1-10(2)12(18)8-16(5)14(20)9-17(6)13(19)7-15-11(3)4/h10-11,15H,7-9H2,1-6H3. The second kappa shape index (κ2) is 8.68. The molecule has 0 saturated carbocycles. The third-order valence-electron chi connectivity index (χ3n) is 2.92. The van der Waals surface area contributed by atoms with Crippen LogP contribution in [0.25, 0.3) is 0 Å². The van der Waals surface area contributed by atoms with E-state index in [-0.39, 0.29) is 49.2 Å². The molecule has 6 heteroatoms. The molecule has 0 aliphatic carbocycles. The maximum absolute atomic E-state index is 11.9. The van der Waals surface area contributed by atoms with Crippen LogP contribution in [0, 0.1) is 5.92 Å². The van der Waals surface area contributed by atoms with Crippen molar-refractivity contribution in [1.29, 1.82) is 0 Å². The monoisotopic (exact) mass is 285 g/mol. The summed E-state index contributed by atoms with van der Waals surface area (Å²) in [5.41, 5.74) is 0. The molecule has 0 bridgehead atoms. The normalized spacial score (nSPS) is 10.8. The van der Waals surface area contributed by atoms with Gasteiger partial charge in [0.25, 0.3) is 0 Å². The Morgan fingerprint density at radius 1 is 0.900 bits per heavy atom. The number of amides is 2. The summed E-state index contributed by atoms with van der Waals surface area (Å²) in [6.45, 7) is 7.77. The summed E-state index contributed by atoms with van der Waals surface area (Å²) in [7, 11) is 3.16. The Bertz CT molecular complexity index is 354. The van der Waals surface area contributed by atoms with Crippen molar-refractivity contribution >= 4 is 17.6 Å². The van der Waals surface area contributed by atoms with Crippen LogP contribution in [0.3, 0.4) is 0 Å². The molecule has 20 heavy (non-hydrogen) atoms. The second-order valence-corrected chi connectivity index (χ2v) is 5.66. The van der Waals surface area contributed by atoms with Gasteiger partial charge in [-0.1, -0.05) is 27.7 Å². The molecule has 0 atom stereocenters. The molecule has 116 valence electrons. The largest absolute Gasteiger partial charge is 0.337 e. The average molecular weight is 285 g/mol. The molecule has 0 fully saturated rings. The van der Waals surface area contributed by atoms with E-state index >= 15 is 0 Å². The van der Waals surface area contributed by atoms with Gasteiger partial charge in [0.15, 0.2) is 5.78 Å². The number of hydrogen-bond acceptors (Lipinski definition) is 4. The van der Waals surface area contributed by atoms with Crippen LogP contribution in [0.1, 0.15) is 27.7 Å². The van der Waals surface area contributed by atoms with Gasteiger partial charge in [0, 0.05) is 26.1 Å². The minimum Gasteiger partial charge on any atom is -0.337 e. The van der Waals surface area contributed by atoms with Crippen molar-refractivity contribution in [3.8, 4) is 0 Å². The van der Waals surface area contributed by atoms with Crippen LogP contribution < -0.4 is 5.32 Å². The summed E-state index contributed by atoms with van der Waals surface area (Å²) in [6, 6.07) is 0.217. The maximum Gasteiger partial charge on any atom is 0.242 e. The van der Waals surface area contributed by atoms with Crippen molar-refractivity contribution in [2.75, 3.05) is 33.7 Å². The molecule has 0 aliphatic heterocycles. The molecule has 6 nitrogen and oxygen atoms in total. The van der Waals surface area contributed by atoms with Gasteiger partial charge in [-0.25, -0.2) is 0 Å². The lowest BCUT2D eigenvalue weighted by atomic mass is 10.1. The van der Waals surface area contributed by atoms with E-state index in [0.717, 1.165) is 0 Å². The molecule has 0 aromatic carbocycles. The molecule has 2 amide bonds. The number of rotatable bonds is 8. The molecular weight excluding hydrogens is 258 g/mol. The minimum absolute atomic E-state index is 0.0105. The summed E-state index contributed by atoms with van der Waals surface area (Å²) in [4.78, 5) is 38.0. The van der Waals surface area contributed by atoms with Gasteiger partial charge in [-0.3, -0.25) is 14.4 Å². The zero-order chi connectivity index (χ0) is 15.9. The summed E-state index contributed by atoms with van der Waals surface area (Å²) in [5.74, 6) is -0.466. The van der Waals surface area contributed by atoms with Gasteiger partial charge in [-0.05, 0) is 0 Å². The van der Waals surface area contributed by atoms with Crippen LogP contribution in [-0.4, -0.2) is 67.2 Å². The summed E-state index contributed by atoms with van der Waals surface area (Å²) in [6.07, 6.45) is 0.